The summed E-state index contributed by atoms with van der Waals surface area (Å²) in [5.74, 6) is -0.631. The van der Waals surface area contributed by atoms with E-state index in [2.05, 4.69) is 89.1 Å². The monoisotopic (exact) mass is 628 g/mol. The van der Waals surface area contributed by atoms with Crippen LogP contribution in [0.3, 0.4) is 0 Å². The van der Waals surface area contributed by atoms with Crippen LogP contribution in [-0.4, -0.2) is 41.6 Å². The number of carboxylic acid groups (broad SMARTS) is 1. The Kier molecular flexibility index (Phi) is 11.3. The van der Waals surface area contributed by atoms with Gasteiger partial charge in [-0.2, -0.15) is 11.8 Å². The number of nitrogens with zero attached hydrogens (tertiary/aromatic N) is 1. The Morgan fingerprint density at radius 3 is 1.93 bits per heavy atom. The predicted molar refractivity (Wildman–Crippen MR) is 191 cm³/mol. The van der Waals surface area contributed by atoms with E-state index in [9.17, 15) is 14.7 Å². The lowest BCUT2D eigenvalue weighted by atomic mass is 9.90. The molecule has 0 radical (unpaired) electrons. The molecule has 0 spiro atoms. The fraction of sp³-hybridized carbons (Fsp3) is 0.200. The Bertz CT molecular complexity index is 1690. The molecule has 0 unspecified atom stereocenters. The number of nitrogens with one attached hydrogen (secondary N) is 1. The van der Waals surface area contributed by atoms with Crippen molar-refractivity contribution in [3.8, 4) is 11.1 Å². The van der Waals surface area contributed by atoms with Gasteiger partial charge in [0.15, 0.2) is 0 Å². The van der Waals surface area contributed by atoms with E-state index in [0.717, 1.165) is 34.5 Å². The molecule has 0 aliphatic carbocycles. The van der Waals surface area contributed by atoms with E-state index < -0.39 is 12.0 Å². The summed E-state index contributed by atoms with van der Waals surface area (Å²) in [5, 5.41) is 12.6. The number of hydrogen-bond donors (Lipinski definition) is 2. The van der Waals surface area contributed by atoms with Gasteiger partial charge in [-0.15, -0.1) is 0 Å². The van der Waals surface area contributed by atoms with Gasteiger partial charge in [0.05, 0.1) is 0 Å². The minimum atomic E-state index is -1.03. The summed E-state index contributed by atoms with van der Waals surface area (Å²) >= 11 is 1.56. The maximum absolute atomic E-state index is 13.7. The first-order valence-corrected chi connectivity index (χ1v) is 17.0. The zero-order valence-electron chi connectivity index (χ0n) is 26.3. The number of rotatable bonds is 14. The first kappa shape index (κ1) is 32.6. The molecule has 5 aromatic rings. The van der Waals surface area contributed by atoms with Gasteiger partial charge in [0.1, 0.15) is 6.04 Å². The zero-order valence-corrected chi connectivity index (χ0v) is 27.1. The third-order valence-electron chi connectivity index (χ3n) is 8.28. The number of aryl methyl sites for hydroxylation is 1. The summed E-state index contributed by atoms with van der Waals surface area (Å²) in [7, 11) is 0. The molecule has 0 aliphatic rings. The van der Waals surface area contributed by atoms with E-state index in [-0.39, 0.29) is 11.8 Å². The molecule has 0 saturated heterocycles. The van der Waals surface area contributed by atoms with Gasteiger partial charge < -0.3 is 15.3 Å². The van der Waals surface area contributed by atoms with Crippen molar-refractivity contribution in [2.24, 2.45) is 0 Å². The second-order valence-electron chi connectivity index (χ2n) is 11.4. The number of carbonyl (C=O) groups is 2. The highest BCUT2D eigenvalue weighted by Gasteiger charge is 2.24. The quantitative estimate of drug-likeness (QED) is 0.129. The first-order valence-electron chi connectivity index (χ1n) is 15.6. The average Bonchev–Trinajstić information content (AvgIpc) is 3.09. The lowest BCUT2D eigenvalue weighted by molar-refractivity contribution is -0.139. The summed E-state index contributed by atoms with van der Waals surface area (Å²) in [6, 6.07) is 44.6. The molecule has 46 heavy (non-hydrogen) atoms. The molecule has 0 heterocycles. The Morgan fingerprint density at radius 2 is 1.35 bits per heavy atom. The van der Waals surface area contributed by atoms with Crippen molar-refractivity contribution >= 4 is 29.3 Å². The summed E-state index contributed by atoms with van der Waals surface area (Å²) in [6.45, 7) is 3.39. The predicted octanol–water partition coefficient (Wildman–Crippen LogP) is 8.44. The van der Waals surface area contributed by atoms with Crippen LogP contribution in [0.1, 0.15) is 45.0 Å². The molecule has 0 bridgehead atoms. The molecular formula is C40H40N2O3S. The largest absolute Gasteiger partial charge is 0.480 e. The van der Waals surface area contributed by atoms with E-state index in [1.165, 1.54) is 11.1 Å². The van der Waals surface area contributed by atoms with Crippen LogP contribution in [0.25, 0.3) is 11.1 Å². The minimum absolute atomic E-state index is 0.137. The SMILES string of the molecule is CSCC[C@H](NC(=O)c1ccc(CN(CC(c2ccccc2)c2ccccc2)c2ccccc2)cc1-c1ccccc1C)C(=O)O. The molecule has 6 heteroatoms. The number of para-hydroxylation sites is 1. The van der Waals surface area contributed by atoms with Gasteiger partial charge in [0, 0.05) is 30.3 Å². The van der Waals surface area contributed by atoms with Gasteiger partial charge in [-0.1, -0.05) is 109 Å². The highest BCUT2D eigenvalue weighted by molar-refractivity contribution is 7.98. The number of anilines is 1. The average molecular weight is 629 g/mol. The Labute approximate surface area is 276 Å². The van der Waals surface area contributed by atoms with Crippen molar-refractivity contribution in [3.05, 3.63) is 161 Å². The molecular weight excluding hydrogens is 589 g/mol. The van der Waals surface area contributed by atoms with E-state index in [4.69, 9.17) is 0 Å². The van der Waals surface area contributed by atoms with E-state index in [1.54, 1.807) is 11.8 Å². The summed E-state index contributed by atoms with van der Waals surface area (Å²) < 4.78 is 0. The molecule has 0 saturated carbocycles. The van der Waals surface area contributed by atoms with Gasteiger partial charge >= 0.3 is 5.97 Å². The number of carboxylic acids is 1. The fourth-order valence-corrected chi connectivity index (χ4v) is 6.30. The number of thioether (sulfide) groups is 1. The number of benzene rings is 5. The first-order chi connectivity index (χ1) is 22.4. The highest BCUT2D eigenvalue weighted by Crippen LogP contribution is 2.32. The summed E-state index contributed by atoms with van der Waals surface area (Å²) in [6.07, 6.45) is 2.28. The number of aliphatic carboxylic acids is 1. The molecule has 0 aromatic heterocycles. The molecule has 234 valence electrons. The molecule has 5 nitrogen and oxygen atoms in total. The van der Waals surface area contributed by atoms with Gasteiger partial charge in [-0.05, 0) is 83.0 Å². The van der Waals surface area contributed by atoms with Crippen LogP contribution in [-0.2, 0) is 11.3 Å². The highest BCUT2D eigenvalue weighted by atomic mass is 32.2. The van der Waals surface area contributed by atoms with Crippen LogP contribution in [0, 0.1) is 6.92 Å². The lowest BCUT2D eigenvalue weighted by Crippen LogP contribution is -2.41. The molecule has 0 aliphatic heterocycles. The van der Waals surface area contributed by atoms with Gasteiger partial charge in [-0.25, -0.2) is 4.79 Å². The van der Waals surface area contributed by atoms with Crippen LogP contribution in [0.15, 0.2) is 133 Å². The van der Waals surface area contributed by atoms with Gasteiger partial charge in [0.25, 0.3) is 5.91 Å². The van der Waals surface area contributed by atoms with Gasteiger partial charge in [0.2, 0.25) is 0 Å². The van der Waals surface area contributed by atoms with Crippen LogP contribution in [0.4, 0.5) is 5.69 Å². The third-order valence-corrected chi connectivity index (χ3v) is 8.92. The number of hydrogen-bond acceptors (Lipinski definition) is 4. The van der Waals surface area contributed by atoms with Crippen LogP contribution < -0.4 is 10.2 Å². The van der Waals surface area contributed by atoms with Crippen molar-refractivity contribution < 1.29 is 14.7 Å². The Hall–Kier alpha value is -4.81. The molecule has 0 fully saturated rings. The zero-order chi connectivity index (χ0) is 32.3. The van der Waals surface area contributed by atoms with E-state index in [1.807, 2.05) is 67.8 Å². The minimum Gasteiger partial charge on any atom is -0.480 e. The molecule has 1 amide bonds. The second-order valence-corrected chi connectivity index (χ2v) is 12.4. The molecule has 5 rings (SSSR count). The Balaban J connectivity index is 1.53. The molecule has 1 atom stereocenters. The molecule has 5 aromatic carbocycles. The number of carbonyl (C=O) groups excluding carboxylic acids is 1. The summed E-state index contributed by atoms with van der Waals surface area (Å²) in [5.41, 5.74) is 7.90. The van der Waals surface area contributed by atoms with Crippen molar-refractivity contribution in [2.45, 2.75) is 31.8 Å². The van der Waals surface area contributed by atoms with Crippen molar-refractivity contribution in [1.29, 1.82) is 0 Å². The van der Waals surface area contributed by atoms with Crippen molar-refractivity contribution in [1.82, 2.24) is 5.32 Å². The van der Waals surface area contributed by atoms with Crippen LogP contribution >= 0.6 is 11.8 Å². The maximum atomic E-state index is 13.7. The Morgan fingerprint density at radius 1 is 0.761 bits per heavy atom. The van der Waals surface area contributed by atoms with Gasteiger partial charge in [-0.3, -0.25) is 4.79 Å². The standard InChI is InChI=1S/C40H40N2O3S/c1-29-14-12-13-21-34(29)36-26-30(22-23-35(36)39(43)41-38(40(44)45)24-25-46-2)27-42(33-19-10-5-11-20-33)28-37(31-15-6-3-7-16-31)32-17-8-4-9-18-32/h3-23,26,37-38H,24-25,27-28H2,1-2H3,(H,41,43)(H,44,45)/t38-/m0/s1. The lowest BCUT2D eigenvalue weighted by Gasteiger charge is -2.31. The van der Waals surface area contributed by atoms with E-state index in [0.29, 0.717) is 24.3 Å². The normalized spacial score (nSPS) is 11.6. The number of amides is 1. The maximum Gasteiger partial charge on any atom is 0.326 e. The third kappa shape index (κ3) is 8.26. The topological polar surface area (TPSA) is 69.6 Å². The fourth-order valence-electron chi connectivity index (χ4n) is 5.83. The van der Waals surface area contributed by atoms with Crippen molar-refractivity contribution in [3.63, 3.8) is 0 Å². The second kappa shape index (κ2) is 16.0. The van der Waals surface area contributed by atoms with Crippen LogP contribution in [0.5, 0.6) is 0 Å². The van der Waals surface area contributed by atoms with Crippen LogP contribution in [0.2, 0.25) is 0 Å². The smallest absolute Gasteiger partial charge is 0.326 e. The summed E-state index contributed by atoms with van der Waals surface area (Å²) in [4.78, 5) is 28.0. The molecule has 2 N–H and O–H groups in total. The van der Waals surface area contributed by atoms with Crippen molar-refractivity contribution in [2.75, 3.05) is 23.5 Å². The van der Waals surface area contributed by atoms with E-state index >= 15 is 0 Å².